The highest BCUT2D eigenvalue weighted by Gasteiger charge is 2.46. The lowest BCUT2D eigenvalue weighted by Crippen LogP contribution is -2.29. The van der Waals surface area contributed by atoms with E-state index in [2.05, 4.69) is 9.97 Å². The van der Waals surface area contributed by atoms with Gasteiger partial charge in [0.05, 0.1) is 25.3 Å². The predicted octanol–water partition coefficient (Wildman–Crippen LogP) is 3.83. The van der Waals surface area contributed by atoms with Gasteiger partial charge in [0.25, 0.3) is 11.7 Å². The van der Waals surface area contributed by atoms with Crippen LogP contribution in [-0.4, -0.2) is 51.4 Å². The zero-order valence-electron chi connectivity index (χ0n) is 20.5. The number of benzene rings is 1. The van der Waals surface area contributed by atoms with Gasteiger partial charge in [0.2, 0.25) is 0 Å². The van der Waals surface area contributed by atoms with Gasteiger partial charge in [-0.3, -0.25) is 14.6 Å². The van der Waals surface area contributed by atoms with Crippen LogP contribution in [0, 0.1) is 13.8 Å². The van der Waals surface area contributed by atoms with E-state index in [9.17, 15) is 19.5 Å². The summed E-state index contributed by atoms with van der Waals surface area (Å²) < 4.78 is 10.4. The SMILES string of the molecule is CCOc1ccc([C@H]2/C(=C(\O)c3c(C)[nH]c(C(=O)OC)c3C)C(=O)C(=O)N2Cc2cccnc2)cc1. The van der Waals surface area contributed by atoms with Crippen molar-refractivity contribution in [3.63, 3.8) is 0 Å². The number of hydrogen-bond donors (Lipinski definition) is 2. The molecule has 0 unspecified atom stereocenters. The Balaban J connectivity index is 1.89. The van der Waals surface area contributed by atoms with Crippen LogP contribution in [0.5, 0.6) is 5.75 Å². The number of nitrogens with zero attached hydrogens (tertiary/aromatic N) is 2. The van der Waals surface area contributed by atoms with Crippen LogP contribution in [-0.2, 0) is 20.9 Å². The summed E-state index contributed by atoms with van der Waals surface area (Å²) in [4.78, 5) is 47.2. The molecule has 1 aliphatic heterocycles. The summed E-state index contributed by atoms with van der Waals surface area (Å²) in [7, 11) is 1.26. The van der Waals surface area contributed by atoms with Gasteiger partial charge >= 0.3 is 5.97 Å². The summed E-state index contributed by atoms with van der Waals surface area (Å²) in [6.45, 7) is 5.80. The molecule has 186 valence electrons. The van der Waals surface area contributed by atoms with Gasteiger partial charge in [0, 0.05) is 30.2 Å². The molecule has 1 aliphatic rings. The Hall–Kier alpha value is -4.40. The normalized spacial score (nSPS) is 16.9. The molecule has 4 rings (SSSR count). The summed E-state index contributed by atoms with van der Waals surface area (Å²) in [6.07, 6.45) is 3.25. The molecule has 9 nitrogen and oxygen atoms in total. The molecule has 0 aliphatic carbocycles. The fourth-order valence-electron chi connectivity index (χ4n) is 4.54. The van der Waals surface area contributed by atoms with Crippen LogP contribution in [0.4, 0.5) is 0 Å². The van der Waals surface area contributed by atoms with Crippen LogP contribution < -0.4 is 4.74 Å². The number of carbonyl (C=O) groups excluding carboxylic acids is 3. The number of hydrogen-bond acceptors (Lipinski definition) is 7. The Morgan fingerprint density at radius 1 is 1.17 bits per heavy atom. The van der Waals surface area contributed by atoms with Gasteiger partial charge in [-0.05, 0) is 55.7 Å². The van der Waals surface area contributed by atoms with E-state index in [0.29, 0.717) is 29.2 Å². The number of aliphatic hydroxyl groups excluding tert-OH is 1. The van der Waals surface area contributed by atoms with Gasteiger partial charge in [-0.1, -0.05) is 18.2 Å². The lowest BCUT2D eigenvalue weighted by molar-refractivity contribution is -0.140. The lowest BCUT2D eigenvalue weighted by atomic mass is 9.94. The number of aromatic amines is 1. The molecule has 1 fully saturated rings. The quantitative estimate of drug-likeness (QED) is 0.224. The molecule has 0 saturated carbocycles. The van der Waals surface area contributed by atoms with Crippen molar-refractivity contribution in [3.05, 3.63) is 88.0 Å². The van der Waals surface area contributed by atoms with Crippen molar-refractivity contribution in [1.82, 2.24) is 14.9 Å². The molecule has 36 heavy (non-hydrogen) atoms. The van der Waals surface area contributed by atoms with Crippen molar-refractivity contribution in [3.8, 4) is 5.75 Å². The third kappa shape index (κ3) is 4.35. The summed E-state index contributed by atoms with van der Waals surface area (Å²) >= 11 is 0. The van der Waals surface area contributed by atoms with Gasteiger partial charge in [-0.15, -0.1) is 0 Å². The number of rotatable bonds is 7. The monoisotopic (exact) mass is 489 g/mol. The minimum atomic E-state index is -0.865. The molecule has 0 radical (unpaired) electrons. The fourth-order valence-corrected chi connectivity index (χ4v) is 4.54. The Labute approximate surface area is 208 Å². The van der Waals surface area contributed by atoms with E-state index in [1.54, 1.807) is 56.6 Å². The third-order valence-corrected chi connectivity index (χ3v) is 6.19. The van der Waals surface area contributed by atoms with E-state index < -0.39 is 23.7 Å². The number of H-pyrrole nitrogens is 1. The van der Waals surface area contributed by atoms with Gasteiger partial charge < -0.3 is 24.5 Å². The summed E-state index contributed by atoms with van der Waals surface area (Å²) in [5, 5.41) is 11.5. The molecular formula is C27H27N3O6. The Morgan fingerprint density at radius 3 is 2.50 bits per heavy atom. The zero-order chi connectivity index (χ0) is 26.0. The first kappa shape index (κ1) is 24.7. The molecule has 2 aromatic heterocycles. The van der Waals surface area contributed by atoms with Crippen molar-refractivity contribution in [2.24, 2.45) is 0 Å². The first-order valence-corrected chi connectivity index (χ1v) is 11.5. The zero-order valence-corrected chi connectivity index (χ0v) is 20.5. The lowest BCUT2D eigenvalue weighted by Gasteiger charge is -2.25. The Morgan fingerprint density at radius 2 is 1.89 bits per heavy atom. The molecule has 9 heteroatoms. The van der Waals surface area contributed by atoms with Crippen LogP contribution in [0.15, 0.2) is 54.4 Å². The van der Waals surface area contributed by atoms with Crippen LogP contribution in [0.25, 0.3) is 5.76 Å². The molecule has 1 saturated heterocycles. The van der Waals surface area contributed by atoms with Crippen LogP contribution in [0.3, 0.4) is 0 Å². The minimum absolute atomic E-state index is 0.0605. The number of carbonyl (C=O) groups is 3. The van der Waals surface area contributed by atoms with Gasteiger partial charge in [-0.25, -0.2) is 4.79 Å². The van der Waals surface area contributed by atoms with Crippen molar-refractivity contribution in [2.45, 2.75) is 33.4 Å². The van der Waals surface area contributed by atoms with Crippen molar-refractivity contribution in [2.75, 3.05) is 13.7 Å². The first-order valence-electron chi connectivity index (χ1n) is 11.5. The van der Waals surface area contributed by atoms with Crippen LogP contribution in [0.2, 0.25) is 0 Å². The van der Waals surface area contributed by atoms with Gasteiger partial charge in [0.15, 0.2) is 0 Å². The van der Waals surface area contributed by atoms with Gasteiger partial charge in [-0.2, -0.15) is 0 Å². The largest absolute Gasteiger partial charge is 0.507 e. The molecule has 1 aromatic carbocycles. The highest BCUT2D eigenvalue weighted by Crippen LogP contribution is 2.42. The highest BCUT2D eigenvalue weighted by atomic mass is 16.5. The number of nitrogens with one attached hydrogen (secondary N) is 1. The minimum Gasteiger partial charge on any atom is -0.507 e. The smallest absolute Gasteiger partial charge is 0.354 e. The first-order chi connectivity index (χ1) is 17.3. The molecule has 3 aromatic rings. The number of likely N-dealkylation sites (tertiary alicyclic amines) is 1. The van der Waals surface area contributed by atoms with E-state index in [0.717, 1.165) is 5.56 Å². The van der Waals surface area contributed by atoms with E-state index in [1.807, 2.05) is 13.0 Å². The number of Topliss-reactive ketones (excluding diaryl/α,β-unsaturated/α-hetero) is 1. The molecule has 0 bridgehead atoms. The van der Waals surface area contributed by atoms with E-state index in [1.165, 1.54) is 12.0 Å². The number of ketones is 1. The van der Waals surface area contributed by atoms with E-state index in [4.69, 9.17) is 9.47 Å². The number of aryl methyl sites for hydroxylation is 1. The molecule has 1 atom stereocenters. The number of aromatic nitrogens is 2. The van der Waals surface area contributed by atoms with Crippen molar-refractivity contribution < 1.29 is 29.0 Å². The standard InChI is InChI=1S/C27H27N3O6/c1-5-36-19-10-8-18(9-11-19)23-21(24(31)20-15(2)22(27(34)35-4)29-16(20)3)25(32)26(33)30(23)14-17-7-6-12-28-13-17/h6-13,23,29,31H,5,14H2,1-4H3/b24-21+/t23-/m0/s1. The number of pyridine rings is 1. The maximum Gasteiger partial charge on any atom is 0.354 e. The fraction of sp³-hybridized carbons (Fsp3) is 0.259. The van der Waals surface area contributed by atoms with Gasteiger partial charge in [0.1, 0.15) is 17.2 Å². The molecule has 0 spiro atoms. The second kappa shape index (κ2) is 10.1. The summed E-state index contributed by atoms with van der Waals surface area (Å²) in [5.74, 6) is -1.87. The Kier molecular flexibility index (Phi) is 6.91. The maximum atomic E-state index is 13.3. The van der Waals surface area contributed by atoms with Crippen LogP contribution in [0.1, 0.15) is 51.4 Å². The number of amides is 1. The van der Waals surface area contributed by atoms with E-state index in [-0.39, 0.29) is 29.1 Å². The second-order valence-corrected chi connectivity index (χ2v) is 8.41. The van der Waals surface area contributed by atoms with Crippen molar-refractivity contribution >= 4 is 23.4 Å². The number of aliphatic hydroxyl groups is 1. The summed E-state index contributed by atoms with van der Waals surface area (Å²) in [6, 6.07) is 9.74. The molecule has 2 N–H and O–H groups in total. The van der Waals surface area contributed by atoms with Crippen molar-refractivity contribution in [1.29, 1.82) is 0 Å². The topological polar surface area (TPSA) is 122 Å². The predicted molar refractivity (Wildman–Crippen MR) is 131 cm³/mol. The number of ether oxygens (including phenoxy) is 2. The number of methoxy groups -OCH3 is 1. The van der Waals surface area contributed by atoms with Crippen LogP contribution >= 0.6 is 0 Å². The summed E-state index contributed by atoms with van der Waals surface area (Å²) in [5.41, 5.74) is 2.63. The second-order valence-electron chi connectivity index (χ2n) is 8.41. The Bertz CT molecular complexity index is 1340. The molecule has 3 heterocycles. The molecule has 1 amide bonds. The average Bonchev–Trinajstić information content (AvgIpc) is 3.32. The average molecular weight is 490 g/mol. The number of esters is 1. The van der Waals surface area contributed by atoms with E-state index >= 15 is 0 Å². The molecular weight excluding hydrogens is 462 g/mol. The maximum absolute atomic E-state index is 13.3. The highest BCUT2D eigenvalue weighted by molar-refractivity contribution is 6.46. The third-order valence-electron chi connectivity index (χ3n) is 6.19.